The molecular formula is C48H32N2O2. The third-order valence-electron chi connectivity index (χ3n) is 12.2. The van der Waals surface area contributed by atoms with Crippen LogP contribution in [0.2, 0.25) is 0 Å². The van der Waals surface area contributed by atoms with Crippen LogP contribution in [0.15, 0.2) is 118 Å². The third-order valence-corrected chi connectivity index (χ3v) is 12.2. The summed E-state index contributed by atoms with van der Waals surface area (Å²) >= 11 is 0. The lowest BCUT2D eigenvalue weighted by Crippen LogP contribution is -2.00. The summed E-state index contributed by atoms with van der Waals surface area (Å²) in [5.74, 6) is 0.544. The topological polar surface area (TPSA) is 35.1 Å². The fourth-order valence-corrected chi connectivity index (χ4v) is 10.3. The monoisotopic (exact) mass is 668 g/mol. The number of para-hydroxylation sites is 4. The van der Waals surface area contributed by atoms with Crippen molar-refractivity contribution in [3.8, 4) is 0 Å². The van der Waals surface area contributed by atoms with E-state index in [0.29, 0.717) is 0 Å². The Bertz CT molecular complexity index is 3450. The second-order valence-corrected chi connectivity index (χ2v) is 15.6. The van der Waals surface area contributed by atoms with Crippen molar-refractivity contribution in [3.05, 3.63) is 120 Å². The minimum absolute atomic E-state index is 0.272. The van der Waals surface area contributed by atoms with Gasteiger partial charge in [0.25, 0.3) is 0 Å². The van der Waals surface area contributed by atoms with Gasteiger partial charge in [-0.05, 0) is 47.2 Å². The lowest BCUT2D eigenvalue weighted by molar-refractivity contribution is 0.669. The van der Waals surface area contributed by atoms with E-state index in [1.807, 2.05) is 0 Å². The average Bonchev–Trinajstić information content (AvgIpc) is 3.98. The first-order valence-corrected chi connectivity index (χ1v) is 18.5. The minimum Gasteiger partial charge on any atom is -0.456 e. The predicted octanol–water partition coefficient (Wildman–Crippen LogP) is 14.0. The number of hydrogen-bond acceptors (Lipinski definition) is 2. The Hall–Kier alpha value is -6.26. The highest BCUT2D eigenvalue weighted by Crippen LogP contribution is 2.52. The van der Waals surface area contributed by atoms with Crippen molar-refractivity contribution in [1.82, 2.24) is 8.80 Å². The molecule has 0 radical (unpaired) electrons. The molecule has 4 nitrogen and oxygen atoms in total. The van der Waals surface area contributed by atoms with Crippen molar-refractivity contribution < 1.29 is 8.83 Å². The van der Waals surface area contributed by atoms with Crippen LogP contribution in [-0.4, -0.2) is 8.80 Å². The maximum absolute atomic E-state index is 6.51. The van der Waals surface area contributed by atoms with Gasteiger partial charge in [-0.2, -0.15) is 0 Å². The highest BCUT2D eigenvalue weighted by atomic mass is 16.3. The van der Waals surface area contributed by atoms with Gasteiger partial charge >= 0.3 is 0 Å². The van der Waals surface area contributed by atoms with E-state index < -0.39 is 0 Å². The second-order valence-electron chi connectivity index (χ2n) is 15.6. The number of fused-ring (bicyclic) bond motifs is 18. The fraction of sp³-hybridized carbons (Fsp3) is 0.125. The van der Waals surface area contributed by atoms with E-state index in [0.717, 1.165) is 22.3 Å². The molecule has 0 atom stereocenters. The molecule has 7 aromatic carbocycles. The highest BCUT2D eigenvalue weighted by molar-refractivity contribution is 6.33. The Morgan fingerprint density at radius 1 is 0.365 bits per heavy atom. The molecule has 52 heavy (non-hydrogen) atoms. The molecule has 0 aliphatic heterocycles. The van der Waals surface area contributed by atoms with Crippen LogP contribution >= 0.6 is 0 Å². The van der Waals surface area contributed by atoms with Crippen LogP contribution in [-0.2, 0) is 0 Å². The van der Waals surface area contributed by atoms with Gasteiger partial charge in [0.1, 0.15) is 22.3 Å². The first-order valence-electron chi connectivity index (χ1n) is 18.5. The molecule has 0 spiro atoms. The van der Waals surface area contributed by atoms with E-state index in [1.165, 1.54) is 109 Å². The van der Waals surface area contributed by atoms with Gasteiger partial charge in [-0.1, -0.05) is 100 Å². The number of benzene rings is 7. The molecule has 13 rings (SSSR count). The molecule has 0 saturated heterocycles. The zero-order valence-corrected chi connectivity index (χ0v) is 29.3. The van der Waals surface area contributed by atoms with Crippen LogP contribution in [0.4, 0.5) is 0 Å². The highest BCUT2D eigenvalue weighted by Gasteiger charge is 2.31. The Labute approximate surface area is 296 Å². The summed E-state index contributed by atoms with van der Waals surface area (Å²) in [5, 5.41) is 15.2. The molecule has 0 unspecified atom stereocenters. The predicted molar refractivity (Wildman–Crippen MR) is 218 cm³/mol. The molecule has 6 aromatic heterocycles. The normalized spacial score (nSPS) is 13.3. The van der Waals surface area contributed by atoms with Crippen molar-refractivity contribution in [2.45, 2.75) is 39.5 Å². The van der Waals surface area contributed by atoms with Crippen molar-refractivity contribution in [2.24, 2.45) is 0 Å². The van der Waals surface area contributed by atoms with Crippen LogP contribution in [0.5, 0.6) is 0 Å². The average molecular weight is 669 g/mol. The standard InChI is InChI=1S/C48H32N2O2/c1-23(2)41-43-29-15-9-13-27-32-20-34-26-12-6-8-18-38(26)52-40(34)22-36(32)50(45(27)29)48(43)42(24(3)4)44-30-16-10-14-28-31-19-33-25-11-5-7-17-37(25)51-39(33)21-35(31)49(46(28)30)47(41)44/h5-24H,1-4H3. The third kappa shape index (κ3) is 2.98. The molecule has 0 bridgehead atoms. The van der Waals surface area contributed by atoms with Crippen molar-refractivity contribution >= 4 is 120 Å². The van der Waals surface area contributed by atoms with E-state index >= 15 is 0 Å². The van der Waals surface area contributed by atoms with Crippen molar-refractivity contribution in [2.75, 3.05) is 0 Å². The summed E-state index contributed by atoms with van der Waals surface area (Å²) in [5.41, 5.74) is 14.2. The Morgan fingerprint density at radius 2 is 0.769 bits per heavy atom. The fourth-order valence-electron chi connectivity index (χ4n) is 10.3. The summed E-state index contributed by atoms with van der Waals surface area (Å²) in [6.07, 6.45) is 0. The molecule has 0 aliphatic rings. The zero-order valence-electron chi connectivity index (χ0n) is 29.3. The molecule has 0 saturated carbocycles. The first-order chi connectivity index (χ1) is 25.5. The van der Waals surface area contributed by atoms with E-state index in [-0.39, 0.29) is 11.8 Å². The van der Waals surface area contributed by atoms with E-state index in [4.69, 9.17) is 8.83 Å². The molecule has 0 fully saturated rings. The number of aromatic nitrogens is 2. The van der Waals surface area contributed by atoms with Gasteiger partial charge in [0.15, 0.2) is 0 Å². The lowest BCUT2D eigenvalue weighted by Gasteiger charge is -2.19. The lowest BCUT2D eigenvalue weighted by atomic mass is 9.87. The molecule has 0 amide bonds. The van der Waals surface area contributed by atoms with Gasteiger partial charge in [0.05, 0.1) is 33.1 Å². The van der Waals surface area contributed by atoms with Crippen LogP contribution in [0.3, 0.4) is 0 Å². The second kappa shape index (κ2) is 8.96. The zero-order chi connectivity index (χ0) is 34.3. The van der Waals surface area contributed by atoms with Crippen LogP contribution in [0.1, 0.15) is 50.7 Å². The van der Waals surface area contributed by atoms with Gasteiger partial charge in [0, 0.05) is 76.8 Å². The SMILES string of the molecule is CC(C)c1c2c3cccc4c5cc6c(cc5n(c2c(C(C)C)c2c5cccc7c8cc9c(cc8n(c12)c75)oc1ccccc19)c43)oc1ccccc16. The summed E-state index contributed by atoms with van der Waals surface area (Å²) in [7, 11) is 0. The summed E-state index contributed by atoms with van der Waals surface area (Å²) in [6.45, 7) is 9.49. The van der Waals surface area contributed by atoms with Crippen LogP contribution in [0.25, 0.3) is 120 Å². The maximum atomic E-state index is 6.51. The van der Waals surface area contributed by atoms with Gasteiger partial charge in [-0.3, -0.25) is 0 Å². The number of hydrogen-bond donors (Lipinski definition) is 0. The Balaban J connectivity index is 1.30. The number of furan rings is 2. The summed E-state index contributed by atoms with van der Waals surface area (Å²) in [6, 6.07) is 40.0. The van der Waals surface area contributed by atoms with Gasteiger partial charge in [-0.25, -0.2) is 0 Å². The van der Waals surface area contributed by atoms with E-state index in [1.54, 1.807) is 0 Å². The van der Waals surface area contributed by atoms with Crippen LogP contribution in [0, 0.1) is 0 Å². The smallest absolute Gasteiger partial charge is 0.137 e. The van der Waals surface area contributed by atoms with Crippen molar-refractivity contribution in [1.29, 1.82) is 0 Å². The molecule has 4 heteroatoms. The van der Waals surface area contributed by atoms with E-state index in [2.05, 4.69) is 146 Å². The molecule has 6 heterocycles. The number of nitrogens with zero attached hydrogens (tertiary/aromatic N) is 2. The summed E-state index contributed by atoms with van der Waals surface area (Å²) in [4.78, 5) is 0. The molecule has 13 aromatic rings. The van der Waals surface area contributed by atoms with Crippen molar-refractivity contribution in [3.63, 3.8) is 0 Å². The maximum Gasteiger partial charge on any atom is 0.137 e. The minimum atomic E-state index is 0.272. The van der Waals surface area contributed by atoms with Crippen LogP contribution < -0.4 is 0 Å². The van der Waals surface area contributed by atoms with E-state index in [9.17, 15) is 0 Å². The number of rotatable bonds is 2. The largest absolute Gasteiger partial charge is 0.456 e. The first kappa shape index (κ1) is 27.5. The quantitative estimate of drug-likeness (QED) is 0.184. The summed E-state index contributed by atoms with van der Waals surface area (Å²) < 4.78 is 18.2. The molecule has 246 valence electrons. The molecular weight excluding hydrogens is 637 g/mol. The molecule has 0 N–H and O–H groups in total. The Kier molecular flexibility index (Phi) is 4.73. The van der Waals surface area contributed by atoms with Gasteiger partial charge < -0.3 is 17.6 Å². The van der Waals surface area contributed by atoms with Gasteiger partial charge in [0.2, 0.25) is 0 Å². The Morgan fingerprint density at radius 3 is 1.21 bits per heavy atom. The van der Waals surface area contributed by atoms with Gasteiger partial charge in [-0.15, -0.1) is 0 Å². The molecule has 0 aliphatic carbocycles.